The van der Waals surface area contributed by atoms with E-state index in [4.69, 9.17) is 4.74 Å². The standard InChI is InChI=1S/C16H32N2O2/c1-13-5-3-4-6-16(13)20-12-15(19)11-17-9-10-18(2)14-7-8-14/h13-17,19H,3-12H2,1-2H3. The molecule has 0 saturated heterocycles. The van der Waals surface area contributed by atoms with Gasteiger partial charge in [0.1, 0.15) is 0 Å². The Kier molecular flexibility index (Phi) is 6.75. The first-order valence-corrected chi connectivity index (χ1v) is 8.37. The molecule has 0 aromatic carbocycles. The van der Waals surface area contributed by atoms with Gasteiger partial charge in [0.2, 0.25) is 0 Å². The van der Waals surface area contributed by atoms with E-state index in [9.17, 15) is 5.11 Å². The highest BCUT2D eigenvalue weighted by Crippen LogP contribution is 2.26. The first-order chi connectivity index (χ1) is 9.66. The van der Waals surface area contributed by atoms with Crippen LogP contribution in [0.4, 0.5) is 0 Å². The lowest BCUT2D eigenvalue weighted by molar-refractivity contribution is -0.0451. The second kappa shape index (κ2) is 8.32. The number of aliphatic hydroxyl groups excluding tert-OH is 1. The molecule has 3 unspecified atom stereocenters. The van der Waals surface area contributed by atoms with Gasteiger partial charge in [-0.15, -0.1) is 0 Å². The fourth-order valence-electron chi connectivity index (χ4n) is 3.05. The number of hydrogen-bond acceptors (Lipinski definition) is 4. The topological polar surface area (TPSA) is 44.7 Å². The van der Waals surface area contributed by atoms with Gasteiger partial charge in [-0.1, -0.05) is 19.8 Å². The largest absolute Gasteiger partial charge is 0.389 e. The van der Waals surface area contributed by atoms with Gasteiger partial charge in [-0.25, -0.2) is 0 Å². The molecule has 0 aromatic rings. The normalized spacial score (nSPS) is 28.8. The Morgan fingerprint density at radius 2 is 2.00 bits per heavy atom. The lowest BCUT2D eigenvalue weighted by Crippen LogP contribution is -2.37. The predicted molar refractivity (Wildman–Crippen MR) is 81.9 cm³/mol. The lowest BCUT2D eigenvalue weighted by atomic mass is 9.88. The molecule has 4 nitrogen and oxygen atoms in total. The maximum absolute atomic E-state index is 9.95. The van der Waals surface area contributed by atoms with Gasteiger partial charge in [-0.3, -0.25) is 0 Å². The molecule has 0 spiro atoms. The molecule has 0 radical (unpaired) electrons. The van der Waals surface area contributed by atoms with Crippen LogP contribution >= 0.6 is 0 Å². The second-order valence-corrected chi connectivity index (χ2v) is 6.70. The summed E-state index contributed by atoms with van der Waals surface area (Å²) in [5, 5.41) is 13.3. The van der Waals surface area contributed by atoms with Crippen LogP contribution in [0, 0.1) is 5.92 Å². The summed E-state index contributed by atoms with van der Waals surface area (Å²) in [6, 6.07) is 0.817. The molecule has 4 heteroatoms. The summed E-state index contributed by atoms with van der Waals surface area (Å²) in [5.74, 6) is 0.649. The Hall–Kier alpha value is -0.160. The average Bonchev–Trinajstić information content (AvgIpc) is 3.27. The second-order valence-electron chi connectivity index (χ2n) is 6.70. The number of likely N-dealkylation sites (N-methyl/N-ethyl adjacent to an activating group) is 1. The summed E-state index contributed by atoms with van der Waals surface area (Å²) in [7, 11) is 2.18. The van der Waals surface area contributed by atoms with Crippen molar-refractivity contribution in [3.8, 4) is 0 Å². The van der Waals surface area contributed by atoms with E-state index in [-0.39, 0.29) is 6.10 Å². The summed E-state index contributed by atoms with van der Waals surface area (Å²) in [4.78, 5) is 2.40. The molecule has 20 heavy (non-hydrogen) atoms. The van der Waals surface area contributed by atoms with Crippen molar-refractivity contribution in [1.82, 2.24) is 10.2 Å². The summed E-state index contributed by atoms with van der Waals surface area (Å²) < 4.78 is 5.88. The fraction of sp³-hybridized carbons (Fsp3) is 1.00. The summed E-state index contributed by atoms with van der Waals surface area (Å²) in [5.41, 5.74) is 0. The van der Waals surface area contributed by atoms with Crippen LogP contribution in [0.2, 0.25) is 0 Å². The number of hydrogen-bond donors (Lipinski definition) is 2. The SMILES string of the molecule is CC1CCCCC1OCC(O)CNCCN(C)C1CC1. The molecule has 0 aliphatic heterocycles. The molecule has 0 bridgehead atoms. The zero-order chi connectivity index (χ0) is 14.4. The minimum absolute atomic E-state index is 0.361. The van der Waals surface area contributed by atoms with Gasteiger partial charge >= 0.3 is 0 Å². The number of rotatable bonds is 9. The minimum atomic E-state index is -0.379. The van der Waals surface area contributed by atoms with Gasteiger partial charge in [0.15, 0.2) is 0 Å². The van der Waals surface area contributed by atoms with Crippen LogP contribution in [-0.4, -0.2) is 61.5 Å². The lowest BCUT2D eigenvalue weighted by Gasteiger charge is -2.29. The van der Waals surface area contributed by atoms with Gasteiger partial charge in [-0.05, 0) is 38.6 Å². The number of nitrogens with one attached hydrogen (secondary N) is 1. The van der Waals surface area contributed by atoms with E-state index in [1.54, 1.807) is 0 Å². The summed E-state index contributed by atoms with van der Waals surface area (Å²) >= 11 is 0. The molecule has 0 amide bonds. The van der Waals surface area contributed by atoms with Crippen LogP contribution in [0.5, 0.6) is 0 Å². The Bertz CT molecular complexity index is 271. The van der Waals surface area contributed by atoms with E-state index in [1.807, 2.05) is 0 Å². The molecule has 2 aliphatic rings. The zero-order valence-electron chi connectivity index (χ0n) is 13.2. The Morgan fingerprint density at radius 1 is 1.25 bits per heavy atom. The van der Waals surface area contributed by atoms with Crippen LogP contribution in [0.3, 0.4) is 0 Å². The van der Waals surface area contributed by atoms with Crippen LogP contribution in [-0.2, 0) is 4.74 Å². The maximum Gasteiger partial charge on any atom is 0.0897 e. The average molecular weight is 284 g/mol. The quantitative estimate of drug-likeness (QED) is 0.632. The highest BCUT2D eigenvalue weighted by molar-refractivity contribution is 4.82. The van der Waals surface area contributed by atoms with Crippen molar-refractivity contribution in [2.75, 3.05) is 33.3 Å². The van der Waals surface area contributed by atoms with E-state index in [0.29, 0.717) is 25.2 Å². The van der Waals surface area contributed by atoms with Crippen molar-refractivity contribution in [2.24, 2.45) is 5.92 Å². The van der Waals surface area contributed by atoms with Crippen molar-refractivity contribution < 1.29 is 9.84 Å². The molecule has 2 fully saturated rings. The molecule has 0 heterocycles. The van der Waals surface area contributed by atoms with Crippen molar-refractivity contribution in [2.45, 2.75) is 63.7 Å². The number of aliphatic hydroxyl groups is 1. The van der Waals surface area contributed by atoms with E-state index >= 15 is 0 Å². The zero-order valence-corrected chi connectivity index (χ0v) is 13.2. The minimum Gasteiger partial charge on any atom is -0.389 e. The van der Waals surface area contributed by atoms with Gasteiger partial charge < -0.3 is 20.1 Å². The van der Waals surface area contributed by atoms with Gasteiger partial charge in [-0.2, -0.15) is 0 Å². The predicted octanol–water partition coefficient (Wildman–Crippen LogP) is 1.63. The highest BCUT2D eigenvalue weighted by atomic mass is 16.5. The molecule has 2 N–H and O–H groups in total. The smallest absolute Gasteiger partial charge is 0.0897 e. The van der Waals surface area contributed by atoms with Crippen molar-refractivity contribution in [3.63, 3.8) is 0 Å². The monoisotopic (exact) mass is 284 g/mol. The first kappa shape index (κ1) is 16.2. The van der Waals surface area contributed by atoms with Gasteiger partial charge in [0, 0.05) is 25.7 Å². The molecule has 118 valence electrons. The molecular formula is C16H32N2O2. The number of nitrogens with zero attached hydrogens (tertiary/aromatic N) is 1. The van der Waals surface area contributed by atoms with E-state index in [1.165, 1.54) is 32.1 Å². The van der Waals surface area contributed by atoms with Crippen LogP contribution < -0.4 is 5.32 Å². The molecular weight excluding hydrogens is 252 g/mol. The molecule has 2 rings (SSSR count). The molecule has 2 saturated carbocycles. The Labute approximate surface area is 123 Å². The van der Waals surface area contributed by atoms with Gasteiger partial charge in [0.25, 0.3) is 0 Å². The first-order valence-electron chi connectivity index (χ1n) is 8.37. The van der Waals surface area contributed by atoms with Crippen molar-refractivity contribution >= 4 is 0 Å². The third kappa shape index (κ3) is 5.68. The molecule has 0 aromatic heterocycles. The third-order valence-electron chi connectivity index (χ3n) is 4.73. The maximum atomic E-state index is 9.95. The fourth-order valence-corrected chi connectivity index (χ4v) is 3.05. The molecule has 3 atom stereocenters. The Morgan fingerprint density at radius 3 is 2.70 bits per heavy atom. The van der Waals surface area contributed by atoms with E-state index in [0.717, 1.165) is 25.6 Å². The van der Waals surface area contributed by atoms with Crippen molar-refractivity contribution in [3.05, 3.63) is 0 Å². The Balaban J connectivity index is 1.48. The van der Waals surface area contributed by atoms with Crippen LogP contribution in [0.1, 0.15) is 45.4 Å². The summed E-state index contributed by atoms with van der Waals surface area (Å²) in [6.07, 6.45) is 7.73. The van der Waals surface area contributed by atoms with Crippen LogP contribution in [0.15, 0.2) is 0 Å². The van der Waals surface area contributed by atoms with E-state index < -0.39 is 0 Å². The number of ether oxygens (including phenoxy) is 1. The third-order valence-corrected chi connectivity index (χ3v) is 4.73. The summed E-state index contributed by atoms with van der Waals surface area (Å²) in [6.45, 7) is 5.39. The molecule has 2 aliphatic carbocycles. The van der Waals surface area contributed by atoms with Crippen LogP contribution in [0.25, 0.3) is 0 Å². The van der Waals surface area contributed by atoms with Gasteiger partial charge in [0.05, 0.1) is 18.8 Å². The van der Waals surface area contributed by atoms with E-state index in [2.05, 4.69) is 24.2 Å². The highest BCUT2D eigenvalue weighted by Gasteiger charge is 2.25. The van der Waals surface area contributed by atoms with Crippen molar-refractivity contribution in [1.29, 1.82) is 0 Å².